The number of nitrogens with one attached hydrogen (secondary N) is 1. The number of sulfonamides is 1. The van der Waals surface area contributed by atoms with E-state index in [0.717, 1.165) is 12.1 Å². The first-order chi connectivity index (χ1) is 9.12. The van der Waals surface area contributed by atoms with Gasteiger partial charge in [-0.1, -0.05) is 12.1 Å². The maximum absolute atomic E-state index is 12.2. The smallest absolute Gasteiger partial charge is 0.404 e. The summed E-state index contributed by atoms with van der Waals surface area (Å²) < 4.78 is 66.4. The lowest BCUT2D eigenvalue weighted by molar-refractivity contribution is -0.275. The average Bonchev–Trinajstić information content (AvgIpc) is 2.26. The number of halogens is 4. The molecule has 21 heavy (non-hydrogen) atoms. The van der Waals surface area contributed by atoms with Gasteiger partial charge in [0.25, 0.3) is 0 Å². The second-order valence-corrected chi connectivity index (χ2v) is 5.89. The summed E-state index contributed by atoms with van der Waals surface area (Å²) in [5, 5.41) is 0. The van der Waals surface area contributed by atoms with Gasteiger partial charge in [-0.05, 0) is 25.5 Å². The van der Waals surface area contributed by atoms with Crippen molar-refractivity contribution < 1.29 is 26.3 Å². The molecule has 3 N–H and O–H groups in total. The zero-order valence-corrected chi connectivity index (χ0v) is 12.7. The van der Waals surface area contributed by atoms with Crippen molar-refractivity contribution in [1.29, 1.82) is 0 Å². The van der Waals surface area contributed by atoms with Crippen LogP contribution in [0, 0.1) is 0 Å². The van der Waals surface area contributed by atoms with Crippen LogP contribution >= 0.6 is 12.4 Å². The fourth-order valence-corrected chi connectivity index (χ4v) is 2.55. The molecule has 0 aliphatic heterocycles. The van der Waals surface area contributed by atoms with Crippen LogP contribution < -0.4 is 15.2 Å². The summed E-state index contributed by atoms with van der Waals surface area (Å²) in [5.74, 6) is -0.770. The number of benzene rings is 1. The molecule has 1 unspecified atom stereocenters. The van der Waals surface area contributed by atoms with Crippen LogP contribution in [-0.2, 0) is 10.0 Å². The van der Waals surface area contributed by atoms with E-state index in [1.165, 1.54) is 12.1 Å². The standard InChI is InChI=1S/C11H15F3N2O3S.ClH/c1-8(15)6-7-16-20(17,18)10-5-3-2-4-9(10)19-11(12,13)14;/h2-5,8,16H,6-7,15H2,1H3;1H. The second kappa shape index (κ2) is 7.83. The zero-order valence-electron chi connectivity index (χ0n) is 11.1. The molecular formula is C11H16ClF3N2O3S. The van der Waals surface area contributed by atoms with Gasteiger partial charge in [0.1, 0.15) is 10.6 Å². The number of hydrogen-bond acceptors (Lipinski definition) is 4. The van der Waals surface area contributed by atoms with Gasteiger partial charge in [0.2, 0.25) is 10.0 Å². The van der Waals surface area contributed by atoms with Crippen molar-refractivity contribution in [3.63, 3.8) is 0 Å². The van der Waals surface area contributed by atoms with Crippen LogP contribution in [-0.4, -0.2) is 27.4 Å². The van der Waals surface area contributed by atoms with Crippen LogP contribution in [0.25, 0.3) is 0 Å². The number of nitrogens with two attached hydrogens (primary N) is 1. The van der Waals surface area contributed by atoms with E-state index < -0.39 is 27.0 Å². The fraction of sp³-hybridized carbons (Fsp3) is 0.455. The van der Waals surface area contributed by atoms with Crippen molar-refractivity contribution in [3.8, 4) is 5.75 Å². The highest BCUT2D eigenvalue weighted by atomic mass is 35.5. The van der Waals surface area contributed by atoms with E-state index in [9.17, 15) is 21.6 Å². The van der Waals surface area contributed by atoms with E-state index in [1.54, 1.807) is 6.92 Å². The van der Waals surface area contributed by atoms with E-state index >= 15 is 0 Å². The lowest BCUT2D eigenvalue weighted by atomic mass is 10.3. The van der Waals surface area contributed by atoms with Crippen molar-refractivity contribution in [1.82, 2.24) is 4.72 Å². The fourth-order valence-electron chi connectivity index (χ4n) is 1.38. The Hall–Kier alpha value is -1.03. The summed E-state index contributed by atoms with van der Waals surface area (Å²) in [4.78, 5) is -0.568. The van der Waals surface area contributed by atoms with Crippen molar-refractivity contribution in [2.24, 2.45) is 5.73 Å². The maximum Gasteiger partial charge on any atom is 0.573 e. The summed E-state index contributed by atoms with van der Waals surface area (Å²) in [6.45, 7) is 1.72. The van der Waals surface area contributed by atoms with Crippen LogP contribution in [0.15, 0.2) is 29.2 Å². The predicted molar refractivity (Wildman–Crippen MR) is 73.8 cm³/mol. The first kappa shape index (κ1) is 20.0. The molecule has 10 heteroatoms. The Bertz CT molecular complexity index is 550. The Labute approximate surface area is 127 Å². The van der Waals surface area contributed by atoms with Gasteiger partial charge >= 0.3 is 6.36 Å². The Kier molecular flexibility index (Phi) is 7.45. The molecule has 0 fully saturated rings. The van der Waals surface area contributed by atoms with Crippen molar-refractivity contribution in [2.45, 2.75) is 30.6 Å². The first-order valence-electron chi connectivity index (χ1n) is 5.72. The molecule has 0 saturated carbocycles. The Morgan fingerprint density at radius 1 is 1.33 bits per heavy atom. The van der Waals surface area contributed by atoms with E-state index in [-0.39, 0.29) is 25.0 Å². The molecule has 1 aromatic rings. The molecule has 0 bridgehead atoms. The van der Waals surface area contributed by atoms with Gasteiger partial charge in [0.15, 0.2) is 0 Å². The van der Waals surface area contributed by atoms with E-state index in [4.69, 9.17) is 5.73 Å². The normalized spacial score (nSPS) is 13.4. The molecule has 0 spiro atoms. The summed E-state index contributed by atoms with van der Waals surface area (Å²) in [5.41, 5.74) is 5.47. The van der Waals surface area contributed by atoms with Crippen molar-refractivity contribution in [2.75, 3.05) is 6.54 Å². The molecule has 5 nitrogen and oxygen atoms in total. The number of para-hydroxylation sites is 1. The number of ether oxygens (including phenoxy) is 1. The van der Waals surface area contributed by atoms with Gasteiger partial charge < -0.3 is 10.5 Å². The van der Waals surface area contributed by atoms with Crippen molar-refractivity contribution >= 4 is 22.4 Å². The molecule has 0 saturated heterocycles. The number of hydrogen-bond donors (Lipinski definition) is 2. The average molecular weight is 349 g/mol. The number of alkyl halides is 3. The molecule has 0 amide bonds. The molecule has 0 aromatic heterocycles. The van der Waals surface area contributed by atoms with Crippen LogP contribution in [0.2, 0.25) is 0 Å². The van der Waals surface area contributed by atoms with Gasteiger partial charge in [-0.15, -0.1) is 25.6 Å². The highest BCUT2D eigenvalue weighted by Gasteiger charge is 2.33. The molecule has 0 aliphatic rings. The highest BCUT2D eigenvalue weighted by molar-refractivity contribution is 7.89. The van der Waals surface area contributed by atoms with Crippen molar-refractivity contribution in [3.05, 3.63) is 24.3 Å². The summed E-state index contributed by atoms with van der Waals surface area (Å²) >= 11 is 0. The summed E-state index contributed by atoms with van der Waals surface area (Å²) in [6, 6.07) is 4.31. The highest BCUT2D eigenvalue weighted by Crippen LogP contribution is 2.29. The molecule has 0 radical (unpaired) electrons. The van der Waals surface area contributed by atoms with Crippen LogP contribution in [0.5, 0.6) is 5.75 Å². The maximum atomic E-state index is 12.2. The molecule has 1 rings (SSSR count). The topological polar surface area (TPSA) is 81.4 Å². The third-order valence-electron chi connectivity index (χ3n) is 2.26. The minimum Gasteiger partial charge on any atom is -0.404 e. The molecule has 1 atom stereocenters. The van der Waals surface area contributed by atoms with Gasteiger partial charge in [-0.2, -0.15) is 0 Å². The van der Waals surface area contributed by atoms with Crippen LogP contribution in [0.1, 0.15) is 13.3 Å². The molecule has 122 valence electrons. The monoisotopic (exact) mass is 348 g/mol. The minimum atomic E-state index is -4.96. The van der Waals surface area contributed by atoms with Gasteiger partial charge in [0.05, 0.1) is 0 Å². The Morgan fingerprint density at radius 2 is 1.90 bits per heavy atom. The quantitative estimate of drug-likeness (QED) is 0.824. The lowest BCUT2D eigenvalue weighted by Crippen LogP contribution is -2.30. The van der Waals surface area contributed by atoms with Crippen LogP contribution in [0.4, 0.5) is 13.2 Å². The third-order valence-corrected chi connectivity index (χ3v) is 3.76. The zero-order chi connectivity index (χ0) is 15.4. The number of rotatable bonds is 6. The van der Waals surface area contributed by atoms with Gasteiger partial charge in [0, 0.05) is 12.6 Å². The molecule has 0 aliphatic carbocycles. The third kappa shape index (κ3) is 6.98. The summed E-state index contributed by atoms with van der Waals surface area (Å²) in [6.07, 6.45) is -4.60. The molecular weight excluding hydrogens is 333 g/mol. The van der Waals surface area contributed by atoms with E-state index in [2.05, 4.69) is 9.46 Å². The second-order valence-electron chi connectivity index (χ2n) is 4.16. The minimum absolute atomic E-state index is 0. The van der Waals surface area contributed by atoms with Gasteiger partial charge in [-0.25, -0.2) is 13.1 Å². The van der Waals surface area contributed by atoms with Crippen LogP contribution in [0.3, 0.4) is 0 Å². The predicted octanol–water partition coefficient (Wildman–Crippen LogP) is 2.02. The SMILES string of the molecule is CC(N)CCNS(=O)(=O)c1ccccc1OC(F)(F)F.Cl. The Balaban J connectivity index is 0.00000400. The van der Waals surface area contributed by atoms with Gasteiger partial charge in [-0.3, -0.25) is 0 Å². The molecule has 0 heterocycles. The van der Waals surface area contributed by atoms with E-state index in [1.807, 2.05) is 0 Å². The lowest BCUT2D eigenvalue weighted by Gasteiger charge is -2.14. The largest absolute Gasteiger partial charge is 0.573 e. The molecule has 1 aromatic carbocycles. The first-order valence-corrected chi connectivity index (χ1v) is 7.20. The Morgan fingerprint density at radius 3 is 2.43 bits per heavy atom. The summed E-state index contributed by atoms with van der Waals surface area (Å²) in [7, 11) is -4.09. The van der Waals surface area contributed by atoms with E-state index in [0.29, 0.717) is 6.42 Å².